The Labute approximate surface area is 127 Å². The largest absolute Gasteiger partial charge is 0.342 e. The average Bonchev–Trinajstić information content (AvgIpc) is 2.99. The molecule has 0 saturated carbocycles. The predicted octanol–water partition coefficient (Wildman–Crippen LogP) is 2.11. The first kappa shape index (κ1) is 14.1. The smallest absolute Gasteiger partial charge is 0.257 e. The van der Waals surface area contributed by atoms with Gasteiger partial charge in [-0.25, -0.2) is 8.78 Å². The molecule has 0 radical (unpaired) electrons. The van der Waals surface area contributed by atoms with E-state index in [-0.39, 0.29) is 18.2 Å². The van der Waals surface area contributed by atoms with E-state index in [0.717, 1.165) is 19.2 Å². The molecule has 6 heteroatoms. The Morgan fingerprint density at radius 3 is 2.50 bits per heavy atom. The topological polar surface area (TPSA) is 41.6 Å². The number of hydrogen-bond donors (Lipinski definition) is 1. The van der Waals surface area contributed by atoms with Gasteiger partial charge in [0.1, 0.15) is 17.9 Å². The second kappa shape index (κ2) is 4.99. The van der Waals surface area contributed by atoms with Gasteiger partial charge in [0.2, 0.25) is 0 Å². The molecule has 4 rings (SSSR count). The third kappa shape index (κ3) is 2.05. The lowest BCUT2D eigenvalue weighted by Gasteiger charge is -2.32. The van der Waals surface area contributed by atoms with E-state index in [2.05, 4.69) is 5.32 Å². The van der Waals surface area contributed by atoms with Crippen molar-refractivity contribution in [2.75, 3.05) is 13.1 Å². The number of amides is 1. The Morgan fingerprint density at radius 2 is 1.82 bits per heavy atom. The van der Waals surface area contributed by atoms with Crippen molar-refractivity contribution in [2.24, 2.45) is 0 Å². The van der Waals surface area contributed by atoms with Crippen molar-refractivity contribution in [3.63, 3.8) is 0 Å². The van der Waals surface area contributed by atoms with Crippen molar-refractivity contribution < 1.29 is 18.3 Å². The molecule has 3 aliphatic heterocycles. The minimum absolute atomic E-state index is 0.0221. The zero-order chi connectivity index (χ0) is 15.3. The van der Waals surface area contributed by atoms with E-state index in [1.807, 2.05) is 0 Å². The van der Waals surface area contributed by atoms with Crippen LogP contribution in [0.1, 0.15) is 37.3 Å². The van der Waals surface area contributed by atoms with E-state index in [0.29, 0.717) is 31.2 Å². The first-order valence-electron chi connectivity index (χ1n) is 7.76. The Balaban J connectivity index is 1.65. The van der Waals surface area contributed by atoms with Gasteiger partial charge >= 0.3 is 0 Å². The van der Waals surface area contributed by atoms with Crippen LogP contribution in [0.3, 0.4) is 0 Å². The van der Waals surface area contributed by atoms with Crippen LogP contribution in [0.4, 0.5) is 8.78 Å². The van der Waals surface area contributed by atoms with Gasteiger partial charge in [-0.05, 0) is 56.5 Å². The summed E-state index contributed by atoms with van der Waals surface area (Å²) in [4.78, 5) is 14.6. The summed E-state index contributed by atoms with van der Waals surface area (Å²) in [5.41, 5.74) is -0.219. The zero-order valence-corrected chi connectivity index (χ0v) is 12.1. The fraction of sp³-hybridized carbons (Fsp3) is 0.562. The maximum Gasteiger partial charge on any atom is 0.257 e. The second-order valence-corrected chi connectivity index (χ2v) is 6.33. The predicted molar refractivity (Wildman–Crippen MR) is 74.9 cm³/mol. The molecule has 22 heavy (non-hydrogen) atoms. The molecule has 1 aromatic carbocycles. The van der Waals surface area contributed by atoms with Crippen LogP contribution in [0.2, 0.25) is 0 Å². The number of ether oxygens (including phenoxy) is 1. The van der Waals surface area contributed by atoms with Gasteiger partial charge in [0.05, 0.1) is 6.04 Å². The molecule has 0 unspecified atom stereocenters. The monoisotopic (exact) mass is 308 g/mol. The molecule has 0 aromatic heterocycles. The lowest BCUT2D eigenvalue weighted by Crippen LogP contribution is -2.49. The van der Waals surface area contributed by atoms with E-state index >= 15 is 0 Å². The van der Waals surface area contributed by atoms with Gasteiger partial charge in [0.25, 0.3) is 5.91 Å². The summed E-state index contributed by atoms with van der Waals surface area (Å²) in [6.45, 7) is 1.51. The zero-order valence-electron chi connectivity index (χ0n) is 12.1. The molecule has 0 aliphatic carbocycles. The highest BCUT2D eigenvalue weighted by molar-refractivity contribution is 5.88. The van der Waals surface area contributed by atoms with Crippen molar-refractivity contribution in [2.45, 2.75) is 43.6 Å². The summed E-state index contributed by atoms with van der Waals surface area (Å²) in [5.74, 6) is -1.24. The number of piperidine rings is 1. The molecule has 3 saturated heterocycles. The van der Waals surface area contributed by atoms with Gasteiger partial charge in [-0.3, -0.25) is 4.79 Å². The molecule has 3 heterocycles. The van der Waals surface area contributed by atoms with Gasteiger partial charge in [-0.2, -0.15) is 0 Å². The Morgan fingerprint density at radius 1 is 1.14 bits per heavy atom. The lowest BCUT2D eigenvalue weighted by atomic mass is 9.90. The minimum atomic E-state index is -0.736. The quantitative estimate of drug-likeness (QED) is 0.864. The van der Waals surface area contributed by atoms with Crippen molar-refractivity contribution in [1.29, 1.82) is 0 Å². The Hall–Kier alpha value is -1.53. The molecule has 118 valence electrons. The summed E-state index contributed by atoms with van der Waals surface area (Å²) in [7, 11) is 0. The number of nitrogens with zero attached hydrogens (tertiary/aromatic N) is 1. The van der Waals surface area contributed by atoms with Gasteiger partial charge in [-0.15, -0.1) is 0 Å². The molecule has 3 fully saturated rings. The maximum atomic E-state index is 13.5. The SMILES string of the molecule is O=C1N2[C@@H](CC[C@H]2c2cc(F)cc(F)c2)OC12CCNCC2. The number of rotatable bonds is 1. The summed E-state index contributed by atoms with van der Waals surface area (Å²) in [5, 5.41) is 3.23. The van der Waals surface area contributed by atoms with Crippen LogP contribution in [0, 0.1) is 11.6 Å². The van der Waals surface area contributed by atoms with Crippen LogP contribution in [0.5, 0.6) is 0 Å². The standard InChI is InChI=1S/C16H18F2N2O2/c17-11-7-10(8-12(18)9-11)13-1-2-14-20(13)15(21)16(22-14)3-5-19-6-4-16/h7-9,13-14,19H,1-6H2/t13-,14+/m0/s1. The van der Waals surface area contributed by atoms with Crippen molar-refractivity contribution >= 4 is 5.91 Å². The first-order valence-corrected chi connectivity index (χ1v) is 7.76. The number of carbonyl (C=O) groups is 1. The van der Waals surface area contributed by atoms with Crippen molar-refractivity contribution in [3.05, 3.63) is 35.4 Å². The molecule has 4 nitrogen and oxygen atoms in total. The van der Waals surface area contributed by atoms with E-state index in [4.69, 9.17) is 4.74 Å². The molecule has 1 N–H and O–H groups in total. The van der Waals surface area contributed by atoms with Crippen LogP contribution < -0.4 is 5.32 Å². The molecule has 1 aromatic rings. The number of carbonyl (C=O) groups excluding carboxylic acids is 1. The van der Waals surface area contributed by atoms with E-state index in [1.54, 1.807) is 4.90 Å². The van der Waals surface area contributed by atoms with Gasteiger partial charge < -0.3 is 15.0 Å². The number of halogens is 2. The fourth-order valence-electron chi connectivity index (χ4n) is 3.97. The second-order valence-electron chi connectivity index (χ2n) is 6.33. The van der Waals surface area contributed by atoms with Crippen LogP contribution in [0.25, 0.3) is 0 Å². The molecular formula is C16H18F2N2O2. The average molecular weight is 308 g/mol. The third-order valence-electron chi connectivity index (χ3n) is 5.00. The number of nitrogens with one attached hydrogen (secondary N) is 1. The molecule has 0 bridgehead atoms. The lowest BCUT2D eigenvalue weighted by molar-refractivity contribution is -0.140. The highest BCUT2D eigenvalue weighted by Crippen LogP contribution is 2.47. The number of hydrogen-bond acceptors (Lipinski definition) is 3. The molecule has 1 amide bonds. The highest BCUT2D eigenvalue weighted by Gasteiger charge is 2.57. The molecule has 3 aliphatic rings. The maximum absolute atomic E-state index is 13.5. The molecular weight excluding hydrogens is 290 g/mol. The normalized spacial score (nSPS) is 30.1. The number of benzene rings is 1. The minimum Gasteiger partial charge on any atom is -0.342 e. The third-order valence-corrected chi connectivity index (χ3v) is 5.00. The van der Waals surface area contributed by atoms with Gasteiger partial charge in [0, 0.05) is 6.07 Å². The fourth-order valence-corrected chi connectivity index (χ4v) is 3.97. The summed E-state index contributed by atoms with van der Waals surface area (Å²) in [6, 6.07) is 3.19. The van der Waals surface area contributed by atoms with Gasteiger partial charge in [0.15, 0.2) is 5.60 Å². The summed E-state index contributed by atoms with van der Waals surface area (Å²) >= 11 is 0. The summed E-state index contributed by atoms with van der Waals surface area (Å²) < 4.78 is 33.1. The Bertz CT molecular complexity index is 596. The molecule has 2 atom stereocenters. The van der Waals surface area contributed by atoms with Gasteiger partial charge in [-0.1, -0.05) is 0 Å². The Kier molecular flexibility index (Phi) is 3.20. The van der Waals surface area contributed by atoms with Crippen molar-refractivity contribution in [1.82, 2.24) is 10.2 Å². The van der Waals surface area contributed by atoms with Crippen LogP contribution in [0.15, 0.2) is 18.2 Å². The van der Waals surface area contributed by atoms with E-state index in [1.165, 1.54) is 12.1 Å². The summed E-state index contributed by atoms with van der Waals surface area (Å²) in [6.07, 6.45) is 2.44. The molecule has 1 spiro atoms. The van der Waals surface area contributed by atoms with E-state index < -0.39 is 17.2 Å². The van der Waals surface area contributed by atoms with Crippen LogP contribution in [-0.2, 0) is 9.53 Å². The van der Waals surface area contributed by atoms with Crippen molar-refractivity contribution in [3.8, 4) is 0 Å². The van der Waals surface area contributed by atoms with E-state index in [9.17, 15) is 13.6 Å². The first-order chi connectivity index (χ1) is 10.6. The van der Waals surface area contributed by atoms with Crippen LogP contribution >= 0.6 is 0 Å². The number of fused-ring (bicyclic) bond motifs is 1. The highest BCUT2D eigenvalue weighted by atomic mass is 19.1. The van der Waals surface area contributed by atoms with Crippen LogP contribution in [-0.4, -0.2) is 35.7 Å².